The van der Waals surface area contributed by atoms with Gasteiger partial charge in [0.05, 0.1) is 22.1 Å². The van der Waals surface area contributed by atoms with E-state index >= 15 is 0 Å². The van der Waals surface area contributed by atoms with Gasteiger partial charge in [-0.1, -0.05) is 23.7 Å². The fraction of sp³-hybridized carbons (Fsp3) is 0.188. The van der Waals surface area contributed by atoms with Gasteiger partial charge in [-0.05, 0) is 24.3 Å². The lowest BCUT2D eigenvalue weighted by Gasteiger charge is -2.17. The van der Waals surface area contributed by atoms with Gasteiger partial charge in [0, 0.05) is 18.8 Å². The Hall–Kier alpha value is -2.70. The van der Waals surface area contributed by atoms with Gasteiger partial charge in [-0.15, -0.1) is 0 Å². The number of halogens is 4. The van der Waals surface area contributed by atoms with Gasteiger partial charge in [0.15, 0.2) is 4.90 Å². The number of nitrogens with one attached hydrogen (secondary N) is 1. The highest BCUT2D eigenvalue weighted by Crippen LogP contribution is 2.36. The Bertz CT molecular complexity index is 1060. The van der Waals surface area contributed by atoms with Crippen LogP contribution in [-0.4, -0.2) is 37.1 Å². The highest BCUT2D eigenvalue weighted by Gasteiger charge is 2.34. The quantitative estimate of drug-likeness (QED) is 0.533. The van der Waals surface area contributed by atoms with E-state index < -0.39 is 54.7 Å². The van der Waals surface area contributed by atoms with Gasteiger partial charge in [0.2, 0.25) is 15.9 Å². The van der Waals surface area contributed by atoms with E-state index in [2.05, 4.69) is 5.32 Å². The van der Waals surface area contributed by atoms with Crippen molar-refractivity contribution >= 4 is 38.9 Å². The number of sulfonamides is 1. The maximum atomic E-state index is 12.9. The number of benzene rings is 2. The molecule has 0 heterocycles. The SMILES string of the molecule is CN(CC(=O)Nc1ccc(Cl)c(C(F)(F)F)c1)S(=O)(=O)c1ccccc1[N+](=O)[O-]. The molecule has 0 aliphatic heterocycles. The zero-order valence-electron chi connectivity index (χ0n) is 14.6. The molecule has 2 aromatic carbocycles. The summed E-state index contributed by atoms with van der Waals surface area (Å²) >= 11 is 5.49. The number of likely N-dealkylation sites (N-methyl/N-ethyl adjacent to an activating group) is 1. The molecule has 0 atom stereocenters. The van der Waals surface area contributed by atoms with E-state index in [1.54, 1.807) is 0 Å². The van der Waals surface area contributed by atoms with Crippen LogP contribution in [0.25, 0.3) is 0 Å². The zero-order valence-corrected chi connectivity index (χ0v) is 16.2. The van der Waals surface area contributed by atoms with Crippen molar-refractivity contribution in [2.45, 2.75) is 11.1 Å². The molecule has 0 radical (unpaired) electrons. The van der Waals surface area contributed by atoms with Gasteiger partial charge in [-0.3, -0.25) is 14.9 Å². The Morgan fingerprint density at radius 3 is 2.45 bits per heavy atom. The first-order chi connectivity index (χ1) is 13.3. The van der Waals surface area contributed by atoms with E-state index in [-0.39, 0.29) is 5.69 Å². The van der Waals surface area contributed by atoms with Crippen LogP contribution in [0.4, 0.5) is 24.5 Å². The molecule has 2 rings (SSSR count). The number of amides is 1. The standard InChI is InChI=1S/C16H13ClF3N3O5S/c1-22(29(27,28)14-5-3-2-4-13(14)23(25)26)9-15(24)21-10-6-7-12(17)11(8-10)16(18,19)20/h2-8H,9H2,1H3,(H,21,24). The number of carbonyl (C=O) groups is 1. The van der Waals surface area contributed by atoms with E-state index in [0.717, 1.165) is 31.3 Å². The molecule has 0 spiro atoms. The number of alkyl halides is 3. The predicted molar refractivity (Wildman–Crippen MR) is 98.0 cm³/mol. The van der Waals surface area contributed by atoms with Gasteiger partial charge < -0.3 is 5.32 Å². The van der Waals surface area contributed by atoms with Crippen LogP contribution in [0.5, 0.6) is 0 Å². The van der Waals surface area contributed by atoms with Crippen LogP contribution < -0.4 is 5.32 Å². The second kappa shape index (κ2) is 8.35. The monoisotopic (exact) mass is 451 g/mol. The van der Waals surface area contributed by atoms with Crippen molar-refractivity contribution in [3.05, 3.63) is 63.2 Å². The maximum Gasteiger partial charge on any atom is 0.417 e. The number of anilines is 1. The number of rotatable bonds is 6. The third-order valence-corrected chi connectivity index (χ3v) is 5.85. The van der Waals surface area contributed by atoms with Crippen LogP contribution in [0.3, 0.4) is 0 Å². The van der Waals surface area contributed by atoms with Crippen LogP contribution >= 0.6 is 11.6 Å². The molecule has 0 bridgehead atoms. The highest BCUT2D eigenvalue weighted by molar-refractivity contribution is 7.89. The summed E-state index contributed by atoms with van der Waals surface area (Å²) in [6.45, 7) is -0.793. The lowest BCUT2D eigenvalue weighted by atomic mass is 10.2. The molecular formula is C16H13ClF3N3O5S. The minimum absolute atomic E-state index is 0.247. The number of hydrogen-bond acceptors (Lipinski definition) is 5. The topological polar surface area (TPSA) is 110 Å². The Morgan fingerprint density at radius 2 is 1.86 bits per heavy atom. The van der Waals surface area contributed by atoms with Crippen LogP contribution in [0.2, 0.25) is 5.02 Å². The number of nitro benzene ring substituents is 1. The minimum Gasteiger partial charge on any atom is -0.325 e. The first-order valence-corrected chi connectivity index (χ1v) is 9.52. The molecule has 29 heavy (non-hydrogen) atoms. The summed E-state index contributed by atoms with van der Waals surface area (Å²) in [5.74, 6) is -0.954. The lowest BCUT2D eigenvalue weighted by molar-refractivity contribution is -0.387. The number of nitro groups is 1. The van der Waals surface area contributed by atoms with E-state index in [1.165, 1.54) is 12.1 Å². The second-order valence-electron chi connectivity index (χ2n) is 5.73. The molecule has 0 unspecified atom stereocenters. The van der Waals surface area contributed by atoms with Gasteiger partial charge in [-0.25, -0.2) is 8.42 Å². The van der Waals surface area contributed by atoms with Crippen molar-refractivity contribution < 1.29 is 31.3 Å². The number of hydrogen-bond donors (Lipinski definition) is 1. The third-order valence-electron chi connectivity index (χ3n) is 3.67. The molecule has 1 amide bonds. The molecule has 1 N–H and O–H groups in total. The Morgan fingerprint density at radius 1 is 1.24 bits per heavy atom. The van der Waals surface area contributed by atoms with Crippen molar-refractivity contribution in [1.29, 1.82) is 0 Å². The Balaban J connectivity index is 2.20. The average Bonchev–Trinajstić information content (AvgIpc) is 2.62. The van der Waals surface area contributed by atoms with Crippen molar-refractivity contribution in [1.82, 2.24) is 4.31 Å². The summed E-state index contributed by atoms with van der Waals surface area (Å²) in [6.07, 6.45) is -4.75. The fourth-order valence-electron chi connectivity index (χ4n) is 2.30. The molecule has 156 valence electrons. The van der Waals surface area contributed by atoms with Crippen molar-refractivity contribution in [3.8, 4) is 0 Å². The van der Waals surface area contributed by atoms with Crippen molar-refractivity contribution in [3.63, 3.8) is 0 Å². The minimum atomic E-state index is -4.75. The zero-order chi connectivity index (χ0) is 22.0. The molecule has 8 nitrogen and oxygen atoms in total. The molecule has 2 aromatic rings. The molecular weight excluding hydrogens is 439 g/mol. The van der Waals surface area contributed by atoms with Crippen LogP contribution in [0.15, 0.2) is 47.4 Å². The van der Waals surface area contributed by atoms with Gasteiger partial charge in [0.25, 0.3) is 5.69 Å². The summed E-state index contributed by atoms with van der Waals surface area (Å²) in [5, 5.41) is 12.6. The van der Waals surface area contributed by atoms with E-state index in [9.17, 15) is 36.5 Å². The molecule has 0 fully saturated rings. The predicted octanol–water partition coefficient (Wildman–Crippen LogP) is 3.53. The van der Waals surface area contributed by atoms with Crippen LogP contribution in [0, 0.1) is 10.1 Å². The number of para-hydroxylation sites is 1. The summed E-state index contributed by atoms with van der Waals surface area (Å²) in [5.41, 5.74) is -2.09. The van der Waals surface area contributed by atoms with E-state index in [4.69, 9.17) is 11.6 Å². The molecule has 0 aliphatic rings. The van der Waals surface area contributed by atoms with Crippen LogP contribution in [-0.2, 0) is 21.0 Å². The van der Waals surface area contributed by atoms with Crippen LogP contribution in [0.1, 0.15) is 5.56 Å². The Labute approximate surface area is 168 Å². The smallest absolute Gasteiger partial charge is 0.325 e. The molecule has 0 aliphatic carbocycles. The van der Waals surface area contributed by atoms with Gasteiger partial charge >= 0.3 is 6.18 Å². The Kier molecular flexibility index (Phi) is 6.50. The average molecular weight is 452 g/mol. The lowest BCUT2D eigenvalue weighted by Crippen LogP contribution is -2.35. The number of nitrogens with zero attached hydrogens (tertiary/aromatic N) is 2. The van der Waals surface area contributed by atoms with E-state index in [0.29, 0.717) is 10.4 Å². The van der Waals surface area contributed by atoms with Gasteiger partial charge in [-0.2, -0.15) is 17.5 Å². The first-order valence-electron chi connectivity index (χ1n) is 7.70. The maximum absolute atomic E-state index is 12.9. The number of carbonyl (C=O) groups excluding carboxylic acids is 1. The molecule has 0 saturated carbocycles. The van der Waals surface area contributed by atoms with E-state index in [1.807, 2.05) is 0 Å². The van der Waals surface area contributed by atoms with Crippen molar-refractivity contribution in [2.75, 3.05) is 18.9 Å². The molecule has 0 aromatic heterocycles. The normalized spacial score (nSPS) is 12.1. The molecule has 13 heteroatoms. The highest BCUT2D eigenvalue weighted by atomic mass is 35.5. The largest absolute Gasteiger partial charge is 0.417 e. The third kappa shape index (κ3) is 5.22. The van der Waals surface area contributed by atoms with Gasteiger partial charge in [0.1, 0.15) is 0 Å². The van der Waals surface area contributed by atoms with Crippen molar-refractivity contribution in [2.24, 2.45) is 0 Å². The summed E-state index contributed by atoms with van der Waals surface area (Å²) < 4.78 is 64.3. The summed E-state index contributed by atoms with van der Waals surface area (Å²) in [7, 11) is -3.40. The molecule has 0 saturated heterocycles. The first kappa shape index (κ1) is 22.6. The summed E-state index contributed by atoms with van der Waals surface area (Å²) in [4.78, 5) is 21.6. The fourth-order valence-corrected chi connectivity index (χ4v) is 3.81. The summed E-state index contributed by atoms with van der Waals surface area (Å²) in [6, 6.07) is 7.23. The second-order valence-corrected chi connectivity index (χ2v) is 8.15.